The molecule has 0 amide bonds. The summed E-state index contributed by atoms with van der Waals surface area (Å²) in [6, 6.07) is 7.25. The number of halogens is 3. The van der Waals surface area contributed by atoms with Gasteiger partial charge in [0.2, 0.25) is 11.8 Å². The predicted octanol–water partition coefficient (Wildman–Crippen LogP) is 2.28. The number of hydrogen-bond acceptors (Lipinski definition) is 6. The van der Waals surface area contributed by atoms with Gasteiger partial charge >= 0.3 is 17.8 Å². The first-order valence-corrected chi connectivity index (χ1v) is 6.64. The lowest BCUT2D eigenvalue weighted by atomic mass is 10.0. The molecule has 1 aliphatic rings. The van der Waals surface area contributed by atoms with Crippen molar-refractivity contribution >= 4 is 5.97 Å². The summed E-state index contributed by atoms with van der Waals surface area (Å²) in [5.41, 5.74) is -2.27. The van der Waals surface area contributed by atoms with Crippen molar-refractivity contribution < 1.29 is 33.0 Å². The highest BCUT2D eigenvalue weighted by atomic mass is 19.4. The van der Waals surface area contributed by atoms with E-state index in [1.165, 1.54) is 24.3 Å². The summed E-state index contributed by atoms with van der Waals surface area (Å²) in [4.78, 5) is 16.5. The molecule has 0 atom stereocenters. The zero-order chi connectivity index (χ0) is 17.5. The van der Waals surface area contributed by atoms with E-state index in [1.807, 2.05) is 0 Å². The molecule has 0 bridgehead atoms. The molecule has 3 rings (SSSR count). The number of benzene rings is 1. The number of nitrogens with zero attached hydrogens (tertiary/aromatic N) is 3. The van der Waals surface area contributed by atoms with E-state index in [9.17, 15) is 28.2 Å². The minimum atomic E-state index is -4.61. The second kappa shape index (κ2) is 5.25. The summed E-state index contributed by atoms with van der Waals surface area (Å²) in [6.45, 7) is 0. The van der Waals surface area contributed by atoms with Gasteiger partial charge in [0.05, 0.1) is 6.42 Å². The largest absolute Gasteiger partial charge is 0.492 e. The van der Waals surface area contributed by atoms with Crippen LogP contribution in [-0.2, 0) is 16.9 Å². The Morgan fingerprint density at radius 2 is 1.62 bits per heavy atom. The normalized spacial score (nSPS) is 15.3. The van der Waals surface area contributed by atoms with Gasteiger partial charge in [0.1, 0.15) is 0 Å². The molecule has 0 saturated carbocycles. The lowest BCUT2D eigenvalue weighted by Crippen LogP contribution is -2.30. The molecule has 1 aliphatic heterocycles. The molecule has 126 valence electrons. The number of aromatic nitrogens is 1. The van der Waals surface area contributed by atoms with Crippen molar-refractivity contribution in [2.75, 3.05) is 0 Å². The van der Waals surface area contributed by atoms with Crippen LogP contribution < -0.4 is 4.84 Å². The second-order valence-electron chi connectivity index (χ2n) is 5.05. The molecular weight excluding hydrogens is 331 g/mol. The lowest BCUT2D eigenvalue weighted by Gasteiger charge is -2.15. The van der Waals surface area contributed by atoms with Crippen molar-refractivity contribution in [2.45, 2.75) is 18.3 Å². The molecular formula is C14H10F3N3O4. The van der Waals surface area contributed by atoms with Gasteiger partial charge in [-0.1, -0.05) is 24.3 Å². The van der Waals surface area contributed by atoms with E-state index < -0.39 is 29.6 Å². The fourth-order valence-electron chi connectivity index (χ4n) is 2.09. The molecule has 0 radical (unpaired) electrons. The third-order valence-corrected chi connectivity index (χ3v) is 3.39. The van der Waals surface area contributed by atoms with Gasteiger partial charge in [-0.05, 0) is 5.56 Å². The summed E-state index contributed by atoms with van der Waals surface area (Å²) >= 11 is 0. The van der Waals surface area contributed by atoms with Gasteiger partial charge < -0.3 is 15.1 Å². The topological polar surface area (TPSA) is 96.4 Å². The van der Waals surface area contributed by atoms with Crippen molar-refractivity contribution in [2.24, 2.45) is 10.2 Å². The molecule has 2 N–H and O–H groups in total. The van der Waals surface area contributed by atoms with E-state index in [2.05, 4.69) is 10.2 Å². The average molecular weight is 341 g/mol. The number of hydrogen-bond donors (Lipinski definition) is 2. The Bertz CT molecular complexity index is 786. The van der Waals surface area contributed by atoms with Crippen molar-refractivity contribution in [1.29, 1.82) is 0 Å². The Hall–Kier alpha value is -3.04. The van der Waals surface area contributed by atoms with Crippen LogP contribution in [0.4, 0.5) is 13.2 Å². The Morgan fingerprint density at radius 1 is 1.08 bits per heavy atom. The van der Waals surface area contributed by atoms with Crippen molar-refractivity contribution in [3.8, 4) is 11.8 Å². The fraction of sp³-hybridized carbons (Fsp3) is 0.214. The number of carbonyl (C=O) groups is 1. The highest BCUT2D eigenvalue weighted by Gasteiger charge is 2.65. The number of alkyl halides is 3. The van der Waals surface area contributed by atoms with Gasteiger partial charge in [-0.15, -0.1) is 15.0 Å². The van der Waals surface area contributed by atoms with E-state index in [4.69, 9.17) is 4.84 Å². The van der Waals surface area contributed by atoms with E-state index >= 15 is 0 Å². The maximum Gasteiger partial charge on any atom is 0.442 e. The Labute approximate surface area is 132 Å². The molecule has 0 saturated heterocycles. The van der Waals surface area contributed by atoms with Gasteiger partial charge in [0.15, 0.2) is 0 Å². The number of carbonyl (C=O) groups excluding carboxylic acids is 1. The number of aromatic hydroxyl groups is 2. The van der Waals surface area contributed by atoms with Crippen LogP contribution in [0.5, 0.6) is 11.8 Å². The summed E-state index contributed by atoms with van der Waals surface area (Å²) < 4.78 is 39.1. The zero-order valence-electron chi connectivity index (χ0n) is 11.9. The maximum absolute atomic E-state index is 12.9. The fourth-order valence-corrected chi connectivity index (χ4v) is 2.09. The standard InChI is InChI=1S/C14H10F3N3O4/c15-14(16,17)13(18-19-13)9-3-1-8(2-4-9)7-12(23)24-20-10(21)5-6-11(20)22/h1-6,21-22H,7H2. The average Bonchev–Trinajstić information content (AvgIpc) is 3.27. The monoisotopic (exact) mass is 341 g/mol. The van der Waals surface area contributed by atoms with Gasteiger partial charge in [0, 0.05) is 17.7 Å². The lowest BCUT2D eigenvalue weighted by molar-refractivity contribution is -0.166. The third kappa shape index (κ3) is 2.66. The molecule has 2 aromatic rings. The van der Waals surface area contributed by atoms with E-state index in [0.717, 1.165) is 12.1 Å². The first kappa shape index (κ1) is 15.8. The van der Waals surface area contributed by atoms with E-state index in [1.54, 1.807) is 0 Å². The molecule has 10 heteroatoms. The molecule has 1 aromatic carbocycles. The van der Waals surface area contributed by atoms with Gasteiger partial charge in [-0.3, -0.25) is 0 Å². The van der Waals surface area contributed by atoms with Gasteiger partial charge in [0.25, 0.3) is 0 Å². The molecule has 7 nitrogen and oxygen atoms in total. The van der Waals surface area contributed by atoms with Crippen LogP contribution in [0.1, 0.15) is 11.1 Å². The maximum atomic E-state index is 12.9. The molecule has 0 aliphatic carbocycles. The smallest absolute Gasteiger partial charge is 0.442 e. The van der Waals surface area contributed by atoms with E-state index in [-0.39, 0.29) is 12.0 Å². The molecule has 0 spiro atoms. The highest BCUT2D eigenvalue weighted by Crippen LogP contribution is 2.52. The quantitative estimate of drug-likeness (QED) is 0.892. The van der Waals surface area contributed by atoms with Gasteiger partial charge in [-0.2, -0.15) is 13.2 Å². The Kier molecular flexibility index (Phi) is 3.47. The minimum Gasteiger partial charge on any atom is -0.492 e. The van der Waals surface area contributed by atoms with Crippen molar-refractivity contribution in [1.82, 2.24) is 4.73 Å². The molecule has 0 fully saturated rings. The SMILES string of the molecule is O=C(Cc1ccc(C2(C(F)(F)F)N=N2)cc1)On1c(O)ccc1O. The highest BCUT2D eigenvalue weighted by molar-refractivity contribution is 5.73. The Morgan fingerprint density at radius 3 is 2.08 bits per heavy atom. The second-order valence-corrected chi connectivity index (χ2v) is 5.05. The molecule has 0 unspecified atom stereocenters. The van der Waals surface area contributed by atoms with Gasteiger partial charge in [-0.25, -0.2) is 4.79 Å². The summed E-state index contributed by atoms with van der Waals surface area (Å²) in [6.07, 6.45) is -4.89. The summed E-state index contributed by atoms with van der Waals surface area (Å²) in [5.74, 6) is -1.77. The summed E-state index contributed by atoms with van der Waals surface area (Å²) in [5, 5.41) is 24.9. The number of rotatable bonds is 4. The van der Waals surface area contributed by atoms with Crippen LogP contribution in [0.2, 0.25) is 0 Å². The Balaban J connectivity index is 1.68. The first-order valence-electron chi connectivity index (χ1n) is 6.64. The minimum absolute atomic E-state index is 0.146. The predicted molar refractivity (Wildman–Crippen MR) is 72.1 cm³/mol. The van der Waals surface area contributed by atoms with Crippen LogP contribution in [-0.4, -0.2) is 27.1 Å². The zero-order valence-corrected chi connectivity index (χ0v) is 11.9. The van der Waals surface area contributed by atoms with E-state index in [0.29, 0.717) is 10.3 Å². The molecule has 24 heavy (non-hydrogen) atoms. The molecule has 1 aromatic heterocycles. The van der Waals surface area contributed by atoms with Crippen LogP contribution in [0.15, 0.2) is 46.6 Å². The van der Waals surface area contributed by atoms with Crippen LogP contribution in [0.25, 0.3) is 0 Å². The van der Waals surface area contributed by atoms with Crippen LogP contribution in [0, 0.1) is 0 Å². The van der Waals surface area contributed by atoms with Crippen molar-refractivity contribution in [3.05, 3.63) is 47.5 Å². The van der Waals surface area contributed by atoms with Crippen LogP contribution in [0.3, 0.4) is 0 Å². The summed E-state index contributed by atoms with van der Waals surface area (Å²) in [7, 11) is 0. The third-order valence-electron chi connectivity index (χ3n) is 3.39. The first-order chi connectivity index (χ1) is 11.2. The molecule has 2 heterocycles. The van der Waals surface area contributed by atoms with Crippen LogP contribution >= 0.6 is 0 Å². The van der Waals surface area contributed by atoms with Crippen molar-refractivity contribution in [3.63, 3.8) is 0 Å².